The van der Waals surface area contributed by atoms with Crippen molar-refractivity contribution in [2.45, 2.75) is 26.7 Å². The highest BCUT2D eigenvalue weighted by Crippen LogP contribution is 2.26. The van der Waals surface area contributed by atoms with E-state index < -0.39 is 0 Å². The molecule has 0 aliphatic carbocycles. The van der Waals surface area contributed by atoms with Gasteiger partial charge in [0.25, 0.3) is 0 Å². The molecule has 5 heteroatoms. The van der Waals surface area contributed by atoms with Crippen molar-refractivity contribution in [1.29, 1.82) is 0 Å². The number of imidazole rings is 1. The predicted octanol–water partition coefficient (Wildman–Crippen LogP) is 3.09. The number of rotatable bonds is 4. The summed E-state index contributed by atoms with van der Waals surface area (Å²) in [4.78, 5) is 13.7. The van der Waals surface area contributed by atoms with Gasteiger partial charge in [0.1, 0.15) is 17.3 Å². The van der Waals surface area contributed by atoms with Crippen LogP contribution < -0.4 is 5.32 Å². The lowest BCUT2D eigenvalue weighted by Gasteiger charge is -2.13. The molecule has 0 saturated carbocycles. The molecule has 0 radical (unpaired) electrons. The van der Waals surface area contributed by atoms with Crippen molar-refractivity contribution in [2.24, 2.45) is 0 Å². The van der Waals surface area contributed by atoms with E-state index in [1.54, 1.807) is 6.20 Å². The second kappa shape index (κ2) is 5.52. The summed E-state index contributed by atoms with van der Waals surface area (Å²) >= 11 is 0. The van der Waals surface area contributed by atoms with E-state index in [1.807, 2.05) is 32.3 Å². The maximum atomic E-state index is 4.77. The lowest BCUT2D eigenvalue weighted by molar-refractivity contribution is 0.833. The van der Waals surface area contributed by atoms with Crippen LogP contribution in [0.5, 0.6) is 0 Å². The molecule has 5 nitrogen and oxygen atoms in total. The van der Waals surface area contributed by atoms with Crippen LogP contribution in [0.1, 0.15) is 24.7 Å². The number of aromatic nitrogens is 4. The Bertz CT molecular complexity index is 775. The van der Waals surface area contributed by atoms with Gasteiger partial charge in [-0.25, -0.2) is 15.0 Å². The molecule has 0 fully saturated rings. The summed E-state index contributed by atoms with van der Waals surface area (Å²) in [5, 5.41) is 3.17. The van der Waals surface area contributed by atoms with Gasteiger partial charge in [-0.2, -0.15) is 0 Å². The highest BCUT2D eigenvalue weighted by molar-refractivity contribution is 5.67. The fourth-order valence-corrected chi connectivity index (χ4v) is 2.53. The molecule has 3 rings (SSSR count). The van der Waals surface area contributed by atoms with Crippen molar-refractivity contribution < 1.29 is 0 Å². The molecule has 0 atom stereocenters. The van der Waals surface area contributed by atoms with Crippen molar-refractivity contribution in [3.8, 4) is 11.4 Å². The molecule has 3 aromatic rings. The zero-order valence-corrected chi connectivity index (χ0v) is 12.6. The highest BCUT2D eigenvalue weighted by atomic mass is 15.0. The molecule has 0 spiro atoms. The predicted molar refractivity (Wildman–Crippen MR) is 84.5 cm³/mol. The first-order valence-electron chi connectivity index (χ1n) is 7.22. The molecule has 3 heterocycles. The Morgan fingerprint density at radius 2 is 2.10 bits per heavy atom. The quantitative estimate of drug-likeness (QED) is 0.798. The largest absolute Gasteiger partial charge is 0.373 e. The number of fused-ring (bicyclic) bond motifs is 1. The van der Waals surface area contributed by atoms with Crippen molar-refractivity contribution in [2.75, 3.05) is 12.4 Å². The number of aryl methyl sites for hydroxylation is 1. The Balaban J connectivity index is 2.25. The Morgan fingerprint density at radius 3 is 2.86 bits per heavy atom. The number of nitrogens with one attached hydrogen (secondary N) is 1. The van der Waals surface area contributed by atoms with Crippen molar-refractivity contribution in [1.82, 2.24) is 19.4 Å². The molecule has 108 valence electrons. The Morgan fingerprint density at radius 1 is 1.24 bits per heavy atom. The zero-order valence-electron chi connectivity index (χ0n) is 12.6. The van der Waals surface area contributed by atoms with Crippen LogP contribution in [0.3, 0.4) is 0 Å². The third-order valence-electron chi connectivity index (χ3n) is 3.57. The monoisotopic (exact) mass is 281 g/mol. The van der Waals surface area contributed by atoms with Gasteiger partial charge in [-0.05, 0) is 25.5 Å². The van der Waals surface area contributed by atoms with Gasteiger partial charge in [0.2, 0.25) is 0 Å². The van der Waals surface area contributed by atoms with E-state index in [-0.39, 0.29) is 0 Å². The summed E-state index contributed by atoms with van der Waals surface area (Å²) in [7, 11) is 1.90. The average Bonchev–Trinajstić information content (AvgIpc) is 2.97. The van der Waals surface area contributed by atoms with E-state index in [0.717, 1.165) is 47.1 Å². The molecule has 0 saturated heterocycles. The van der Waals surface area contributed by atoms with Gasteiger partial charge in [0.15, 0.2) is 0 Å². The Hall–Kier alpha value is -2.43. The molecule has 0 bridgehead atoms. The van der Waals surface area contributed by atoms with Gasteiger partial charge in [0, 0.05) is 31.4 Å². The molecule has 0 aromatic carbocycles. The molecule has 1 N–H and O–H groups in total. The number of hydrogen-bond acceptors (Lipinski definition) is 4. The topological polar surface area (TPSA) is 55.1 Å². The lowest BCUT2D eigenvalue weighted by atomic mass is 10.1. The average molecular weight is 281 g/mol. The summed E-state index contributed by atoms with van der Waals surface area (Å²) in [6.07, 6.45) is 5.68. The second-order valence-electron chi connectivity index (χ2n) is 5.03. The minimum absolute atomic E-state index is 0.875. The van der Waals surface area contributed by atoms with Crippen LogP contribution in [0, 0.1) is 6.92 Å². The third-order valence-corrected chi connectivity index (χ3v) is 3.57. The van der Waals surface area contributed by atoms with Crippen molar-refractivity contribution in [3.05, 3.63) is 42.0 Å². The minimum atomic E-state index is 0.875. The lowest BCUT2D eigenvalue weighted by Crippen LogP contribution is -2.06. The van der Waals surface area contributed by atoms with Crippen LogP contribution in [0.4, 0.5) is 5.82 Å². The van der Waals surface area contributed by atoms with Crippen LogP contribution in [-0.2, 0) is 6.42 Å². The maximum Gasteiger partial charge on any atom is 0.137 e. The first-order chi connectivity index (χ1) is 10.2. The van der Waals surface area contributed by atoms with E-state index in [9.17, 15) is 0 Å². The SMILES string of the molecule is CCCc1nc(NC)c(C)c(-c2cccc3nccn23)n1. The van der Waals surface area contributed by atoms with E-state index in [4.69, 9.17) is 4.98 Å². The molecule has 0 unspecified atom stereocenters. The number of anilines is 1. The van der Waals surface area contributed by atoms with E-state index in [1.165, 1.54) is 0 Å². The third kappa shape index (κ3) is 2.35. The van der Waals surface area contributed by atoms with Gasteiger partial charge in [-0.3, -0.25) is 4.40 Å². The number of pyridine rings is 1. The standard InChI is InChI=1S/C16H19N5/c1-4-6-13-19-15(11(2)16(17-3)20-13)12-7-5-8-14-18-9-10-21(12)14/h5,7-10H,4,6H2,1-3H3,(H,17,19,20). The number of nitrogens with zero attached hydrogens (tertiary/aromatic N) is 4. The van der Waals surface area contributed by atoms with E-state index in [0.29, 0.717) is 0 Å². The smallest absolute Gasteiger partial charge is 0.137 e. The molecule has 0 amide bonds. The van der Waals surface area contributed by atoms with Crippen LogP contribution >= 0.6 is 0 Å². The number of hydrogen-bond donors (Lipinski definition) is 1. The summed E-state index contributed by atoms with van der Waals surface area (Å²) in [5.74, 6) is 1.76. The van der Waals surface area contributed by atoms with Crippen LogP contribution in [-0.4, -0.2) is 26.4 Å². The van der Waals surface area contributed by atoms with Crippen molar-refractivity contribution >= 4 is 11.5 Å². The summed E-state index contributed by atoms with van der Waals surface area (Å²) in [5.41, 5.74) is 3.98. The molecule has 21 heavy (non-hydrogen) atoms. The maximum absolute atomic E-state index is 4.77. The van der Waals surface area contributed by atoms with Crippen LogP contribution in [0.2, 0.25) is 0 Å². The normalized spacial score (nSPS) is 11.0. The van der Waals surface area contributed by atoms with Crippen LogP contribution in [0.15, 0.2) is 30.6 Å². The second-order valence-corrected chi connectivity index (χ2v) is 5.03. The fraction of sp³-hybridized carbons (Fsp3) is 0.312. The van der Waals surface area contributed by atoms with E-state index >= 15 is 0 Å². The molecule has 0 aliphatic rings. The van der Waals surface area contributed by atoms with Gasteiger partial charge >= 0.3 is 0 Å². The molecular weight excluding hydrogens is 262 g/mol. The summed E-state index contributed by atoms with van der Waals surface area (Å²) in [6, 6.07) is 6.07. The van der Waals surface area contributed by atoms with Gasteiger partial charge < -0.3 is 5.32 Å². The van der Waals surface area contributed by atoms with Crippen LogP contribution in [0.25, 0.3) is 17.0 Å². The van der Waals surface area contributed by atoms with Gasteiger partial charge in [0.05, 0.1) is 11.4 Å². The summed E-state index contributed by atoms with van der Waals surface area (Å²) in [6.45, 7) is 4.19. The minimum Gasteiger partial charge on any atom is -0.373 e. The first-order valence-corrected chi connectivity index (χ1v) is 7.22. The Labute approximate surface area is 124 Å². The zero-order chi connectivity index (χ0) is 14.8. The van der Waals surface area contributed by atoms with Gasteiger partial charge in [-0.15, -0.1) is 0 Å². The molecule has 3 aromatic heterocycles. The molecule has 0 aliphatic heterocycles. The molecular formula is C16H19N5. The fourth-order valence-electron chi connectivity index (χ4n) is 2.53. The Kier molecular flexibility index (Phi) is 3.56. The first kappa shape index (κ1) is 13.5. The van der Waals surface area contributed by atoms with Crippen molar-refractivity contribution in [3.63, 3.8) is 0 Å². The van der Waals surface area contributed by atoms with E-state index in [2.05, 4.69) is 32.7 Å². The van der Waals surface area contributed by atoms with Gasteiger partial charge in [-0.1, -0.05) is 13.0 Å². The summed E-state index contributed by atoms with van der Waals surface area (Å²) < 4.78 is 2.06. The highest BCUT2D eigenvalue weighted by Gasteiger charge is 2.14.